The fourth-order valence-electron chi connectivity index (χ4n) is 4.80. The minimum Gasteiger partial charge on any atom is -0.511 e. The molecular weight excluding hydrogens is 450 g/mol. The summed E-state index contributed by atoms with van der Waals surface area (Å²) in [6, 6.07) is 17.5. The Balaban J connectivity index is 1.47. The fourth-order valence-corrected chi connectivity index (χ4v) is 4.80. The minimum atomic E-state index is -0.232. The molecule has 0 saturated carbocycles. The molecule has 0 aliphatic heterocycles. The van der Waals surface area contributed by atoms with Gasteiger partial charge in [0.15, 0.2) is 11.6 Å². The molecule has 0 saturated heterocycles. The van der Waals surface area contributed by atoms with Crippen LogP contribution in [-0.4, -0.2) is 22.9 Å². The maximum Gasteiger partial charge on any atom is 0.175 e. The average Bonchev–Trinajstić information content (AvgIpc) is 2.78. The van der Waals surface area contributed by atoms with Gasteiger partial charge in [-0.05, 0) is 52.6 Å². The van der Waals surface area contributed by atoms with Crippen LogP contribution in [0.4, 0.5) is 11.4 Å². The van der Waals surface area contributed by atoms with E-state index >= 15 is 0 Å². The van der Waals surface area contributed by atoms with Crippen LogP contribution in [0.5, 0.6) is 0 Å². The molecule has 6 heteroatoms. The van der Waals surface area contributed by atoms with Crippen LogP contribution >= 0.6 is 0 Å². The van der Waals surface area contributed by atoms with Crippen molar-refractivity contribution in [2.45, 2.75) is 53.4 Å². The zero-order valence-corrected chi connectivity index (χ0v) is 21.2. The van der Waals surface area contributed by atoms with Gasteiger partial charge in [-0.1, -0.05) is 52.0 Å². The monoisotopic (exact) mass is 481 g/mol. The molecule has 0 fully saturated rings. The molecule has 0 heterocycles. The number of Topliss-reactive ketones (excluding diaryl/α,β-unsaturated/α-hetero) is 2. The Labute approximate surface area is 212 Å². The summed E-state index contributed by atoms with van der Waals surface area (Å²) < 4.78 is 0. The van der Waals surface area contributed by atoms with Crippen LogP contribution in [0.2, 0.25) is 0 Å². The Hall–Kier alpha value is -3.98. The van der Waals surface area contributed by atoms with Crippen molar-refractivity contribution in [2.75, 3.05) is 5.32 Å². The Bertz CT molecular complexity index is 1340. The molecule has 0 amide bonds. The van der Waals surface area contributed by atoms with Crippen molar-refractivity contribution in [1.29, 1.82) is 5.26 Å². The van der Waals surface area contributed by atoms with Gasteiger partial charge in [-0.3, -0.25) is 14.6 Å². The van der Waals surface area contributed by atoms with Gasteiger partial charge in [-0.15, -0.1) is 0 Å². The van der Waals surface area contributed by atoms with Gasteiger partial charge >= 0.3 is 0 Å². The normalized spacial score (nSPS) is 19.5. The number of rotatable bonds is 5. The van der Waals surface area contributed by atoms with Gasteiger partial charge in [0.25, 0.3) is 0 Å². The van der Waals surface area contributed by atoms with E-state index in [1.165, 1.54) is 6.21 Å². The highest BCUT2D eigenvalue weighted by Crippen LogP contribution is 2.37. The van der Waals surface area contributed by atoms with Gasteiger partial charge in [-0.25, -0.2) is 0 Å². The molecule has 6 nitrogen and oxygen atoms in total. The Morgan fingerprint density at radius 3 is 2.00 bits per heavy atom. The zero-order chi connectivity index (χ0) is 26.1. The van der Waals surface area contributed by atoms with E-state index in [9.17, 15) is 20.0 Å². The highest BCUT2D eigenvalue weighted by molar-refractivity contribution is 6.14. The van der Waals surface area contributed by atoms with Gasteiger partial charge < -0.3 is 10.4 Å². The second-order valence-corrected chi connectivity index (χ2v) is 11.2. The SMILES string of the molecule is CC1(C)CC(=O)C(C=Nc2ccc(-c3ccc(NC4=C(C#N)C(=O)CC(C)(C)C4)cc3)cc2)=C(O)C1. The summed E-state index contributed by atoms with van der Waals surface area (Å²) in [5, 5.41) is 23.0. The molecule has 0 radical (unpaired) electrons. The number of hydrogen-bond acceptors (Lipinski definition) is 6. The van der Waals surface area contributed by atoms with Crippen LogP contribution in [0.25, 0.3) is 11.1 Å². The van der Waals surface area contributed by atoms with E-state index in [2.05, 4.69) is 16.4 Å². The zero-order valence-electron chi connectivity index (χ0n) is 21.2. The number of aliphatic imine (C=N–C) groups is 1. The van der Waals surface area contributed by atoms with Crippen LogP contribution in [0, 0.1) is 22.2 Å². The molecule has 0 atom stereocenters. The summed E-state index contributed by atoms with van der Waals surface area (Å²) >= 11 is 0. The number of aliphatic hydroxyl groups excluding tert-OH is 1. The van der Waals surface area contributed by atoms with Crippen molar-refractivity contribution in [1.82, 2.24) is 0 Å². The lowest BCUT2D eigenvalue weighted by Gasteiger charge is -2.30. The van der Waals surface area contributed by atoms with Crippen molar-refractivity contribution in [3.63, 3.8) is 0 Å². The number of ketones is 2. The van der Waals surface area contributed by atoms with E-state index in [1.807, 2.05) is 76.2 Å². The standard InChI is InChI=1S/C30H31N3O3/c1-29(2)13-25(23(17-31)26(34)14-29)33-22-11-7-20(8-12-22)19-5-9-21(10-6-19)32-18-24-27(35)15-30(3,4)16-28(24)36/h5-12,18,33,35H,13-16H2,1-4H3. The van der Waals surface area contributed by atoms with Crippen LogP contribution in [0.15, 0.2) is 76.1 Å². The second-order valence-electron chi connectivity index (χ2n) is 11.2. The van der Waals surface area contributed by atoms with Crippen LogP contribution in [0.1, 0.15) is 53.4 Å². The number of aliphatic hydroxyl groups is 1. The number of nitrogens with zero attached hydrogens (tertiary/aromatic N) is 2. The van der Waals surface area contributed by atoms with Gasteiger partial charge in [0.05, 0.1) is 11.3 Å². The lowest BCUT2D eigenvalue weighted by molar-refractivity contribution is -0.118. The van der Waals surface area contributed by atoms with E-state index in [4.69, 9.17) is 0 Å². The third-order valence-electron chi connectivity index (χ3n) is 6.61. The highest BCUT2D eigenvalue weighted by Gasteiger charge is 2.33. The first-order valence-electron chi connectivity index (χ1n) is 12.1. The number of carbonyl (C=O) groups excluding carboxylic acids is 2. The molecular formula is C30H31N3O3. The van der Waals surface area contributed by atoms with Gasteiger partial charge in [-0.2, -0.15) is 5.26 Å². The first kappa shape index (κ1) is 25.1. The lowest BCUT2D eigenvalue weighted by Crippen LogP contribution is -2.27. The van der Waals surface area contributed by atoms with Crippen LogP contribution < -0.4 is 5.32 Å². The predicted octanol–water partition coefficient (Wildman–Crippen LogP) is 6.84. The number of anilines is 1. The first-order chi connectivity index (χ1) is 17.0. The molecule has 0 spiro atoms. The molecule has 2 aromatic rings. The number of nitriles is 1. The van der Waals surface area contributed by atoms with Crippen molar-refractivity contribution in [2.24, 2.45) is 15.8 Å². The predicted molar refractivity (Wildman–Crippen MR) is 142 cm³/mol. The topological polar surface area (TPSA) is 103 Å². The van der Waals surface area contributed by atoms with Gasteiger partial charge in [0.2, 0.25) is 0 Å². The quantitative estimate of drug-likeness (QED) is 0.455. The second kappa shape index (κ2) is 9.58. The molecule has 36 heavy (non-hydrogen) atoms. The summed E-state index contributed by atoms with van der Waals surface area (Å²) in [6.45, 7) is 8.00. The highest BCUT2D eigenvalue weighted by atomic mass is 16.3. The van der Waals surface area contributed by atoms with Gasteiger partial charge in [0, 0.05) is 36.9 Å². The van der Waals surface area contributed by atoms with Crippen molar-refractivity contribution >= 4 is 29.2 Å². The van der Waals surface area contributed by atoms with Crippen LogP contribution in [-0.2, 0) is 9.59 Å². The van der Waals surface area contributed by atoms with Crippen molar-refractivity contribution in [3.8, 4) is 17.2 Å². The maximum atomic E-state index is 12.4. The molecule has 184 valence electrons. The largest absolute Gasteiger partial charge is 0.511 e. The Morgan fingerprint density at radius 1 is 0.861 bits per heavy atom. The first-order valence-corrected chi connectivity index (χ1v) is 12.1. The number of allylic oxidation sites excluding steroid dienone is 4. The summed E-state index contributed by atoms with van der Waals surface area (Å²) in [5.41, 5.74) is 4.30. The van der Waals surface area contributed by atoms with E-state index < -0.39 is 0 Å². The molecule has 0 bridgehead atoms. The lowest BCUT2D eigenvalue weighted by atomic mass is 9.76. The minimum absolute atomic E-state index is 0.0865. The third-order valence-corrected chi connectivity index (χ3v) is 6.61. The molecule has 0 aromatic heterocycles. The number of benzene rings is 2. The molecule has 0 unspecified atom stereocenters. The number of hydrogen-bond donors (Lipinski definition) is 2. The summed E-state index contributed by atoms with van der Waals surface area (Å²) in [7, 11) is 0. The van der Waals surface area contributed by atoms with Crippen molar-refractivity contribution in [3.05, 3.63) is 71.1 Å². The van der Waals surface area contributed by atoms with E-state index in [1.54, 1.807) is 0 Å². The number of carbonyl (C=O) groups is 2. The summed E-state index contributed by atoms with van der Waals surface area (Å²) in [6.07, 6.45) is 3.35. The molecule has 2 aliphatic carbocycles. The molecule has 2 aromatic carbocycles. The van der Waals surface area contributed by atoms with Crippen LogP contribution in [0.3, 0.4) is 0 Å². The van der Waals surface area contributed by atoms with Gasteiger partial charge in [0.1, 0.15) is 17.4 Å². The maximum absolute atomic E-state index is 12.4. The Morgan fingerprint density at radius 2 is 1.42 bits per heavy atom. The number of nitrogens with one attached hydrogen (secondary N) is 1. The summed E-state index contributed by atoms with van der Waals surface area (Å²) in [5.74, 6) is -0.0976. The smallest absolute Gasteiger partial charge is 0.175 e. The molecule has 2 aliphatic rings. The Kier molecular flexibility index (Phi) is 6.69. The van der Waals surface area contributed by atoms with E-state index in [-0.39, 0.29) is 33.7 Å². The molecule has 2 N–H and O–H groups in total. The van der Waals surface area contributed by atoms with E-state index in [0.29, 0.717) is 42.6 Å². The van der Waals surface area contributed by atoms with Crippen molar-refractivity contribution < 1.29 is 14.7 Å². The fraction of sp³-hybridized carbons (Fsp3) is 0.333. The third kappa shape index (κ3) is 5.63. The van der Waals surface area contributed by atoms with E-state index in [0.717, 1.165) is 16.8 Å². The molecule has 4 rings (SSSR count). The summed E-state index contributed by atoms with van der Waals surface area (Å²) in [4.78, 5) is 29.1. The average molecular weight is 482 g/mol.